The summed E-state index contributed by atoms with van der Waals surface area (Å²) >= 11 is 0. The van der Waals surface area contributed by atoms with E-state index in [1.165, 1.54) is 53.8 Å². The Hall–Kier alpha value is -8.77. The molecule has 0 N–H and O–H groups in total. The van der Waals surface area contributed by atoms with E-state index in [0.717, 1.165) is 44.5 Å². The van der Waals surface area contributed by atoms with Crippen molar-refractivity contribution in [3.63, 3.8) is 0 Å². The highest BCUT2D eigenvalue weighted by molar-refractivity contribution is 7.19. The van der Waals surface area contributed by atoms with Crippen molar-refractivity contribution in [2.45, 2.75) is 13.8 Å². The number of fused-ring (bicyclic) bond motifs is 3. The van der Waals surface area contributed by atoms with Gasteiger partial charge in [-0.05, 0) is 75.6 Å². The van der Waals surface area contributed by atoms with Crippen LogP contribution in [0.5, 0.6) is 0 Å². The summed E-state index contributed by atoms with van der Waals surface area (Å²) < 4.78 is 2.45. The molecule has 12 rings (SSSR count). The topological polar surface area (TPSA) is 43.6 Å². The molecule has 0 bridgehead atoms. The standard InChI is InChI=1S/C65H48N4Si/c1-45-39-46(2)41-52(40-45)49-36-38-61-59(43-49)58-33-18-19-34-60(58)69(61)62-44-51(65-67-63(47-21-8-3-9-22-47)66-64(68-65)48-23-10-4-11-24-48)35-37-57(62)50-25-20-32-56(42-50)70(53-26-12-5-13-27-53,54-28-14-6-15-29-54)55-30-16-7-17-31-55/h3-44H,1-2H3. The van der Waals surface area contributed by atoms with Crippen molar-refractivity contribution in [2.75, 3.05) is 0 Å². The van der Waals surface area contributed by atoms with Crippen LogP contribution in [0.1, 0.15) is 11.1 Å². The fourth-order valence-electron chi connectivity index (χ4n) is 10.6. The van der Waals surface area contributed by atoms with Gasteiger partial charge in [0, 0.05) is 33.0 Å². The molecule has 0 saturated heterocycles. The SMILES string of the molecule is Cc1cc(C)cc(-c2ccc3c(c2)c2ccccc2n3-c2cc(-c3nc(-c4ccccc4)nc(-c4ccccc4)n3)ccc2-c2cccc([Si](c3ccccc3)(c3ccccc3)c3ccccc3)c2)c1. The van der Waals surface area contributed by atoms with Crippen LogP contribution >= 0.6 is 0 Å². The fraction of sp³-hybridized carbons (Fsp3) is 0.0308. The van der Waals surface area contributed by atoms with Crippen LogP contribution in [0.25, 0.3) is 83.9 Å². The van der Waals surface area contributed by atoms with E-state index < -0.39 is 8.07 Å². The molecule has 5 heteroatoms. The van der Waals surface area contributed by atoms with Crippen molar-refractivity contribution in [3.05, 3.63) is 266 Å². The lowest BCUT2D eigenvalue weighted by atomic mass is 9.99. The Morgan fingerprint density at radius 3 is 1.33 bits per heavy atom. The van der Waals surface area contributed by atoms with Gasteiger partial charge in [0.05, 0.1) is 16.7 Å². The van der Waals surface area contributed by atoms with Gasteiger partial charge in [0.15, 0.2) is 25.5 Å². The van der Waals surface area contributed by atoms with Crippen molar-refractivity contribution in [3.8, 4) is 62.1 Å². The summed E-state index contributed by atoms with van der Waals surface area (Å²) in [6.07, 6.45) is 0. The van der Waals surface area contributed by atoms with Crippen LogP contribution in [0.4, 0.5) is 0 Å². The Morgan fingerprint density at radius 2 is 0.757 bits per heavy atom. The summed E-state index contributed by atoms with van der Waals surface area (Å²) in [5.74, 6) is 1.86. The number of hydrogen-bond donors (Lipinski definition) is 0. The maximum absolute atomic E-state index is 5.23. The minimum atomic E-state index is -2.86. The number of aryl methyl sites for hydroxylation is 2. The van der Waals surface area contributed by atoms with Crippen LogP contribution in [0.2, 0.25) is 0 Å². The summed E-state index contributed by atoms with van der Waals surface area (Å²) in [7, 11) is -2.86. The monoisotopic (exact) mass is 912 g/mol. The summed E-state index contributed by atoms with van der Waals surface area (Å²) in [6.45, 7) is 4.35. The molecule has 12 aromatic rings. The number of rotatable bonds is 10. The smallest absolute Gasteiger partial charge is 0.179 e. The van der Waals surface area contributed by atoms with Gasteiger partial charge in [0.25, 0.3) is 0 Å². The Kier molecular flexibility index (Phi) is 11.0. The van der Waals surface area contributed by atoms with Crippen LogP contribution < -0.4 is 20.7 Å². The molecule has 0 aliphatic heterocycles. The first-order chi connectivity index (χ1) is 34.5. The van der Waals surface area contributed by atoms with E-state index in [4.69, 9.17) is 15.0 Å². The number of hydrogen-bond acceptors (Lipinski definition) is 3. The third kappa shape index (κ3) is 7.63. The molecule has 70 heavy (non-hydrogen) atoms. The molecule has 2 heterocycles. The summed E-state index contributed by atoms with van der Waals surface area (Å²) in [4.78, 5) is 15.5. The highest BCUT2D eigenvalue weighted by atomic mass is 28.3. The van der Waals surface area contributed by atoms with Gasteiger partial charge in [-0.2, -0.15) is 0 Å². The molecule has 0 aliphatic rings. The van der Waals surface area contributed by atoms with Crippen molar-refractivity contribution >= 4 is 50.6 Å². The molecular weight excluding hydrogens is 865 g/mol. The molecular formula is C65H48N4Si. The Morgan fingerprint density at radius 1 is 0.300 bits per heavy atom. The third-order valence-corrected chi connectivity index (χ3v) is 18.4. The van der Waals surface area contributed by atoms with Crippen LogP contribution in [0.3, 0.4) is 0 Å². The normalized spacial score (nSPS) is 11.6. The minimum Gasteiger partial charge on any atom is -0.309 e. The molecule has 0 amide bonds. The third-order valence-electron chi connectivity index (χ3n) is 13.7. The van der Waals surface area contributed by atoms with E-state index in [-0.39, 0.29) is 0 Å². The Labute approximate surface area is 409 Å². The molecule has 332 valence electrons. The second-order valence-corrected chi connectivity index (χ2v) is 22.0. The largest absolute Gasteiger partial charge is 0.309 e. The van der Waals surface area contributed by atoms with Gasteiger partial charge < -0.3 is 4.57 Å². The van der Waals surface area contributed by atoms with E-state index in [1.54, 1.807) is 0 Å². The second-order valence-electron chi connectivity index (χ2n) is 18.2. The Balaban J connectivity index is 1.14. The zero-order valence-electron chi connectivity index (χ0n) is 39.0. The highest BCUT2D eigenvalue weighted by Crippen LogP contribution is 2.40. The molecule has 0 atom stereocenters. The molecule has 0 radical (unpaired) electrons. The molecule has 10 aromatic carbocycles. The van der Waals surface area contributed by atoms with Crippen molar-refractivity contribution in [2.24, 2.45) is 0 Å². The van der Waals surface area contributed by atoms with Crippen molar-refractivity contribution in [1.82, 2.24) is 19.5 Å². The molecule has 0 unspecified atom stereocenters. The zero-order valence-corrected chi connectivity index (χ0v) is 40.0. The van der Waals surface area contributed by atoms with Gasteiger partial charge in [0.2, 0.25) is 0 Å². The molecule has 0 fully saturated rings. The maximum atomic E-state index is 5.23. The summed E-state index contributed by atoms with van der Waals surface area (Å²) in [5, 5.41) is 7.69. The van der Waals surface area contributed by atoms with Crippen LogP contribution in [-0.4, -0.2) is 27.6 Å². The zero-order chi connectivity index (χ0) is 47.0. The first-order valence-electron chi connectivity index (χ1n) is 23.9. The highest BCUT2D eigenvalue weighted by Gasteiger charge is 2.41. The quantitative estimate of drug-likeness (QED) is 0.101. The number of aromatic nitrogens is 4. The fourth-order valence-corrected chi connectivity index (χ4v) is 15.4. The number of nitrogens with zero attached hydrogens (tertiary/aromatic N) is 4. The van der Waals surface area contributed by atoms with E-state index in [1.807, 2.05) is 36.4 Å². The molecule has 2 aromatic heterocycles. The van der Waals surface area contributed by atoms with Gasteiger partial charge in [-0.15, -0.1) is 0 Å². The van der Waals surface area contributed by atoms with E-state index >= 15 is 0 Å². The average molecular weight is 913 g/mol. The van der Waals surface area contributed by atoms with E-state index in [9.17, 15) is 0 Å². The van der Waals surface area contributed by atoms with E-state index in [0.29, 0.717) is 17.5 Å². The summed E-state index contributed by atoms with van der Waals surface area (Å²) in [6, 6.07) is 92.5. The van der Waals surface area contributed by atoms with Gasteiger partial charge in [-0.3, -0.25) is 0 Å². The van der Waals surface area contributed by atoms with Gasteiger partial charge >= 0.3 is 0 Å². The second kappa shape index (κ2) is 18.0. The molecule has 0 spiro atoms. The maximum Gasteiger partial charge on any atom is 0.179 e. The van der Waals surface area contributed by atoms with Crippen LogP contribution in [0.15, 0.2) is 255 Å². The summed E-state index contributed by atoms with van der Waals surface area (Å²) in [5.41, 5.74) is 13.2. The average Bonchev–Trinajstić information content (AvgIpc) is 3.76. The lowest BCUT2D eigenvalue weighted by Gasteiger charge is -2.34. The van der Waals surface area contributed by atoms with Crippen LogP contribution in [-0.2, 0) is 0 Å². The predicted octanol–water partition coefficient (Wildman–Crippen LogP) is 13.3. The van der Waals surface area contributed by atoms with Crippen LogP contribution in [0, 0.1) is 13.8 Å². The Bertz CT molecular complexity index is 3660. The lowest BCUT2D eigenvalue weighted by Crippen LogP contribution is -2.74. The van der Waals surface area contributed by atoms with E-state index in [2.05, 4.69) is 237 Å². The first-order valence-corrected chi connectivity index (χ1v) is 25.9. The van der Waals surface area contributed by atoms with Gasteiger partial charge in [-0.25, -0.2) is 15.0 Å². The minimum absolute atomic E-state index is 0.607. The molecule has 0 saturated carbocycles. The molecule has 4 nitrogen and oxygen atoms in total. The first kappa shape index (κ1) is 42.6. The number of benzene rings is 10. The molecule has 0 aliphatic carbocycles. The lowest BCUT2D eigenvalue weighted by molar-refractivity contribution is 1.07. The number of para-hydroxylation sites is 1. The van der Waals surface area contributed by atoms with Gasteiger partial charge in [-0.1, -0.05) is 242 Å². The predicted molar refractivity (Wildman–Crippen MR) is 294 cm³/mol. The van der Waals surface area contributed by atoms with Crippen molar-refractivity contribution in [1.29, 1.82) is 0 Å². The van der Waals surface area contributed by atoms with Crippen molar-refractivity contribution < 1.29 is 0 Å². The van der Waals surface area contributed by atoms with Gasteiger partial charge in [0.1, 0.15) is 0 Å².